The number of ether oxygens (including phenoxy) is 3. The van der Waals surface area contributed by atoms with Gasteiger partial charge in [0, 0.05) is 5.92 Å². The maximum atomic E-state index is 14.7. The van der Waals surface area contributed by atoms with Crippen LogP contribution >= 0.6 is 0 Å². The van der Waals surface area contributed by atoms with E-state index in [1.54, 1.807) is 0 Å². The first-order valence-corrected chi connectivity index (χ1v) is 19.7. The molecule has 1 aliphatic carbocycles. The molecular weight excluding hydrogens is 719 g/mol. The molecule has 0 saturated carbocycles. The van der Waals surface area contributed by atoms with Gasteiger partial charge in [-0.15, -0.1) is 0 Å². The zero-order valence-corrected chi connectivity index (χ0v) is 32.6. The molecule has 58 heavy (non-hydrogen) atoms. The summed E-state index contributed by atoms with van der Waals surface area (Å²) >= 11 is 0. The van der Waals surface area contributed by atoms with Crippen LogP contribution < -0.4 is 5.32 Å². The van der Waals surface area contributed by atoms with Gasteiger partial charge in [0.2, 0.25) is 0 Å². The Morgan fingerprint density at radius 2 is 0.966 bits per heavy atom. The zero-order valence-electron chi connectivity index (χ0n) is 32.6. The Morgan fingerprint density at radius 3 is 1.41 bits per heavy atom. The highest BCUT2D eigenvalue weighted by atomic mass is 16.6. The molecule has 0 spiro atoms. The first kappa shape index (κ1) is 38.1. The van der Waals surface area contributed by atoms with Crippen molar-refractivity contribution in [1.82, 2.24) is 5.32 Å². The van der Waals surface area contributed by atoms with Crippen LogP contribution in [0.25, 0.3) is 11.1 Å². The van der Waals surface area contributed by atoms with Gasteiger partial charge in [-0.25, -0.2) is 9.59 Å². The molecule has 288 valence electrons. The van der Waals surface area contributed by atoms with E-state index in [0.717, 1.165) is 61.2 Å². The molecule has 0 saturated heterocycles. The number of carbonyl (C=O) groups is 2. The molecule has 0 aliphatic heterocycles. The van der Waals surface area contributed by atoms with Gasteiger partial charge in [-0.2, -0.15) is 0 Å². The maximum absolute atomic E-state index is 14.7. The van der Waals surface area contributed by atoms with Gasteiger partial charge in [-0.1, -0.05) is 199 Å². The molecule has 7 aromatic rings. The van der Waals surface area contributed by atoms with Crippen LogP contribution in [0.15, 0.2) is 188 Å². The predicted octanol–water partition coefficient (Wildman–Crippen LogP) is 10.9. The van der Waals surface area contributed by atoms with E-state index in [1.165, 1.54) is 0 Å². The number of carbonyl (C=O) groups excluding carboxylic acids is 2. The van der Waals surface area contributed by atoms with Crippen LogP contribution in [0.2, 0.25) is 0 Å². The monoisotopic (exact) mass is 763 g/mol. The third-order valence-electron chi connectivity index (χ3n) is 10.9. The molecule has 0 heterocycles. The van der Waals surface area contributed by atoms with E-state index in [2.05, 4.69) is 29.6 Å². The summed E-state index contributed by atoms with van der Waals surface area (Å²) in [5.74, 6) is -0.822. The summed E-state index contributed by atoms with van der Waals surface area (Å²) in [4.78, 5) is 28.7. The van der Waals surface area contributed by atoms with Gasteiger partial charge in [0.15, 0.2) is 12.1 Å². The van der Waals surface area contributed by atoms with Crippen LogP contribution in [-0.4, -0.2) is 31.3 Å². The normalized spacial score (nSPS) is 12.7. The number of alkyl carbamates (subject to hydrolysis) is 1. The minimum atomic E-state index is -1.26. The summed E-state index contributed by atoms with van der Waals surface area (Å²) < 4.78 is 19.5. The van der Waals surface area contributed by atoms with Gasteiger partial charge < -0.3 is 19.5 Å². The van der Waals surface area contributed by atoms with Crippen LogP contribution in [-0.2, 0) is 24.6 Å². The maximum Gasteiger partial charge on any atom is 0.407 e. The Bertz CT molecular complexity index is 2280. The molecule has 1 atom stereocenters. The molecule has 0 radical (unpaired) electrons. The molecule has 1 aliphatic rings. The van der Waals surface area contributed by atoms with Crippen molar-refractivity contribution in [2.75, 3.05) is 13.2 Å². The van der Waals surface area contributed by atoms with Gasteiger partial charge in [-0.05, 0) is 63.9 Å². The Hall–Kier alpha value is -6.76. The molecule has 7 aromatic carbocycles. The number of hydrogen-bond acceptors (Lipinski definition) is 5. The van der Waals surface area contributed by atoms with Gasteiger partial charge in [0.1, 0.15) is 12.2 Å². The number of esters is 1. The van der Waals surface area contributed by atoms with Crippen LogP contribution in [0.5, 0.6) is 0 Å². The van der Waals surface area contributed by atoms with Gasteiger partial charge >= 0.3 is 12.1 Å². The van der Waals surface area contributed by atoms with Crippen LogP contribution in [0.3, 0.4) is 0 Å². The van der Waals surface area contributed by atoms with Crippen molar-refractivity contribution in [3.05, 3.63) is 238 Å². The third-order valence-corrected chi connectivity index (χ3v) is 10.9. The second-order valence-electron chi connectivity index (χ2n) is 14.8. The molecule has 6 nitrogen and oxygen atoms in total. The van der Waals surface area contributed by atoms with Crippen molar-refractivity contribution < 1.29 is 23.8 Å². The molecule has 1 N–H and O–H groups in total. The quantitative estimate of drug-likeness (QED) is 0.0935. The second kappa shape index (κ2) is 17.2. The smallest absolute Gasteiger partial charge is 0.407 e. The number of benzene rings is 7. The highest BCUT2D eigenvalue weighted by Gasteiger charge is 2.40. The fourth-order valence-corrected chi connectivity index (χ4v) is 7.94. The van der Waals surface area contributed by atoms with Crippen molar-refractivity contribution in [2.45, 2.75) is 37.5 Å². The van der Waals surface area contributed by atoms with Gasteiger partial charge in [0.05, 0.1) is 6.61 Å². The SMILES string of the molecule is Cc1ccc(C(OC(=O)[C@@H](COC(c2ccccc2)(c2ccccc2)c2ccccc2)NC(=O)OCC2c3ccccc3-c3ccccc32)c2ccc(C)cc2)cc1. The Balaban J connectivity index is 1.14. The summed E-state index contributed by atoms with van der Waals surface area (Å²) in [5, 5.41) is 2.88. The largest absolute Gasteiger partial charge is 0.451 e. The van der Waals surface area contributed by atoms with E-state index in [1.807, 2.05) is 178 Å². The van der Waals surface area contributed by atoms with Crippen LogP contribution in [0, 0.1) is 13.8 Å². The lowest BCUT2D eigenvalue weighted by molar-refractivity contribution is -0.153. The number of aryl methyl sites for hydroxylation is 2. The van der Waals surface area contributed by atoms with Crippen molar-refractivity contribution in [3.8, 4) is 11.1 Å². The molecule has 1 amide bonds. The van der Waals surface area contributed by atoms with Gasteiger partial charge in [0.25, 0.3) is 0 Å². The lowest BCUT2D eigenvalue weighted by Crippen LogP contribution is -2.48. The summed E-state index contributed by atoms with van der Waals surface area (Å²) in [6.07, 6.45) is -1.50. The molecule has 0 bridgehead atoms. The van der Waals surface area contributed by atoms with Crippen molar-refractivity contribution in [3.63, 3.8) is 0 Å². The Kier molecular flexibility index (Phi) is 11.3. The number of fused-ring (bicyclic) bond motifs is 3. The van der Waals surface area contributed by atoms with E-state index >= 15 is 0 Å². The first-order chi connectivity index (χ1) is 28.4. The number of amides is 1. The highest BCUT2D eigenvalue weighted by molar-refractivity contribution is 5.82. The summed E-state index contributed by atoms with van der Waals surface area (Å²) in [6.45, 7) is 3.87. The minimum Gasteiger partial charge on any atom is -0.451 e. The topological polar surface area (TPSA) is 73.9 Å². The predicted molar refractivity (Wildman–Crippen MR) is 227 cm³/mol. The van der Waals surface area contributed by atoms with E-state index in [0.29, 0.717) is 0 Å². The summed E-state index contributed by atoms with van der Waals surface area (Å²) in [5.41, 5.74) is 9.62. The lowest BCUT2D eigenvalue weighted by Gasteiger charge is -2.37. The number of hydrogen-bond donors (Lipinski definition) is 1. The Labute approximate surface area is 340 Å². The standard InChI is InChI=1S/C52H45NO5/c1-36-26-30-38(31-27-36)49(39-32-28-37(2)29-33-39)58-50(54)48(53-51(55)56-34-47-45-24-14-12-22-43(45)44-23-13-15-25-46(44)47)35-57-52(40-16-6-3-7-17-40,41-18-8-4-9-19-41)42-20-10-5-11-21-42/h3-33,47-49H,34-35H2,1-2H3,(H,53,55)/t48-/m1/s1. The third kappa shape index (κ3) is 7.93. The van der Waals surface area contributed by atoms with E-state index in [4.69, 9.17) is 14.2 Å². The fourth-order valence-electron chi connectivity index (χ4n) is 7.94. The lowest BCUT2D eigenvalue weighted by atomic mass is 9.80. The fraction of sp³-hybridized carbons (Fsp3) is 0.154. The molecular formula is C52H45NO5. The summed E-state index contributed by atoms with van der Waals surface area (Å²) in [7, 11) is 0. The van der Waals surface area contributed by atoms with E-state index in [-0.39, 0.29) is 19.1 Å². The van der Waals surface area contributed by atoms with E-state index in [9.17, 15) is 9.59 Å². The van der Waals surface area contributed by atoms with Crippen LogP contribution in [0.1, 0.15) is 62.1 Å². The molecule has 0 unspecified atom stereocenters. The second-order valence-corrected chi connectivity index (χ2v) is 14.8. The molecule has 0 fully saturated rings. The number of nitrogens with one attached hydrogen (secondary N) is 1. The highest BCUT2D eigenvalue weighted by Crippen LogP contribution is 2.45. The van der Waals surface area contributed by atoms with Crippen molar-refractivity contribution >= 4 is 12.1 Å². The average molecular weight is 764 g/mol. The van der Waals surface area contributed by atoms with Crippen molar-refractivity contribution in [2.24, 2.45) is 0 Å². The number of rotatable bonds is 13. The minimum absolute atomic E-state index is 0.0832. The molecule has 0 aromatic heterocycles. The van der Waals surface area contributed by atoms with Crippen LogP contribution in [0.4, 0.5) is 4.79 Å². The summed E-state index contributed by atoms with van der Waals surface area (Å²) in [6, 6.07) is 60.7. The van der Waals surface area contributed by atoms with Crippen molar-refractivity contribution in [1.29, 1.82) is 0 Å². The molecule has 6 heteroatoms. The Morgan fingerprint density at radius 1 is 0.552 bits per heavy atom. The zero-order chi connectivity index (χ0) is 39.9. The first-order valence-electron chi connectivity index (χ1n) is 19.7. The van der Waals surface area contributed by atoms with E-state index < -0.39 is 29.8 Å². The average Bonchev–Trinajstić information content (AvgIpc) is 3.59. The van der Waals surface area contributed by atoms with Gasteiger partial charge in [-0.3, -0.25) is 0 Å². The molecule has 8 rings (SSSR count).